The average Bonchev–Trinajstić information content (AvgIpc) is 2.96. The van der Waals surface area contributed by atoms with Crippen molar-refractivity contribution in [3.63, 3.8) is 0 Å². The molecule has 0 bridgehead atoms. The number of halogens is 2. The highest BCUT2D eigenvalue weighted by molar-refractivity contribution is 9.10. The predicted molar refractivity (Wildman–Crippen MR) is 96.9 cm³/mol. The molecule has 136 valence electrons. The summed E-state index contributed by atoms with van der Waals surface area (Å²) >= 11 is 4.02. The van der Waals surface area contributed by atoms with Gasteiger partial charge in [-0.15, -0.1) is 11.3 Å². The van der Waals surface area contributed by atoms with Crippen molar-refractivity contribution in [3.8, 4) is 0 Å². The Hall–Kier alpha value is -1.45. The molecule has 0 atom stereocenters. The number of benzene rings is 1. The molecule has 0 unspecified atom stereocenters. The van der Waals surface area contributed by atoms with E-state index in [4.69, 9.17) is 4.74 Å². The van der Waals surface area contributed by atoms with Crippen molar-refractivity contribution in [1.82, 2.24) is 5.32 Å². The number of hydrogen-bond donors (Lipinski definition) is 1. The summed E-state index contributed by atoms with van der Waals surface area (Å²) in [5, 5.41) is 2.57. The second-order valence-electron chi connectivity index (χ2n) is 6.16. The van der Waals surface area contributed by atoms with Gasteiger partial charge in [-0.2, -0.15) is 0 Å². The molecular formula is C16H17BrFNO4S2. The smallest absolute Gasteiger partial charge is 0.407 e. The van der Waals surface area contributed by atoms with E-state index in [1.54, 1.807) is 26.8 Å². The fourth-order valence-electron chi connectivity index (χ4n) is 1.83. The van der Waals surface area contributed by atoms with Crippen LogP contribution < -0.4 is 5.32 Å². The van der Waals surface area contributed by atoms with Crippen LogP contribution in [0.1, 0.15) is 25.6 Å². The predicted octanol–water partition coefficient (Wildman–Crippen LogP) is 4.51. The van der Waals surface area contributed by atoms with Crippen LogP contribution in [0, 0.1) is 5.82 Å². The summed E-state index contributed by atoms with van der Waals surface area (Å²) in [5.41, 5.74) is -0.607. The molecule has 0 saturated heterocycles. The van der Waals surface area contributed by atoms with Gasteiger partial charge in [0, 0.05) is 4.88 Å². The highest BCUT2D eigenvalue weighted by Crippen LogP contribution is 2.30. The van der Waals surface area contributed by atoms with Gasteiger partial charge >= 0.3 is 6.09 Å². The fraction of sp³-hybridized carbons (Fsp3) is 0.312. The van der Waals surface area contributed by atoms with E-state index >= 15 is 0 Å². The molecule has 0 aliphatic heterocycles. The van der Waals surface area contributed by atoms with Crippen molar-refractivity contribution >= 4 is 43.2 Å². The standard InChI is InChI=1S/C16H17BrFNO4S2/c1-16(2,3)23-15(20)19-9-10-4-7-14(24-10)25(21,22)11-5-6-13(18)12(17)8-11/h4-8H,9H2,1-3H3,(H,19,20). The first kappa shape index (κ1) is 19.9. The molecule has 0 aliphatic rings. The van der Waals surface area contributed by atoms with Crippen LogP contribution in [0.25, 0.3) is 0 Å². The summed E-state index contributed by atoms with van der Waals surface area (Å²) in [5.74, 6) is -0.535. The van der Waals surface area contributed by atoms with E-state index < -0.39 is 27.3 Å². The summed E-state index contributed by atoms with van der Waals surface area (Å²) in [4.78, 5) is 12.3. The molecule has 1 heterocycles. The average molecular weight is 450 g/mol. The van der Waals surface area contributed by atoms with E-state index in [9.17, 15) is 17.6 Å². The van der Waals surface area contributed by atoms with Crippen molar-refractivity contribution in [2.75, 3.05) is 0 Å². The second-order valence-corrected chi connectivity index (χ2v) is 10.4. The van der Waals surface area contributed by atoms with Gasteiger partial charge in [0.2, 0.25) is 9.84 Å². The van der Waals surface area contributed by atoms with Crippen LogP contribution in [0.2, 0.25) is 0 Å². The van der Waals surface area contributed by atoms with E-state index in [-0.39, 0.29) is 20.1 Å². The van der Waals surface area contributed by atoms with Crippen molar-refractivity contribution < 1.29 is 22.3 Å². The first-order chi connectivity index (χ1) is 11.5. The zero-order valence-corrected chi connectivity index (χ0v) is 17.0. The lowest BCUT2D eigenvalue weighted by Gasteiger charge is -2.19. The Morgan fingerprint density at radius 2 is 1.96 bits per heavy atom. The van der Waals surface area contributed by atoms with E-state index in [0.29, 0.717) is 4.88 Å². The Kier molecular flexibility index (Phi) is 5.90. The molecule has 0 saturated carbocycles. The minimum Gasteiger partial charge on any atom is -0.444 e. The SMILES string of the molecule is CC(C)(C)OC(=O)NCc1ccc(S(=O)(=O)c2ccc(F)c(Br)c2)s1. The molecule has 2 aromatic rings. The van der Waals surface area contributed by atoms with E-state index in [2.05, 4.69) is 21.2 Å². The molecule has 25 heavy (non-hydrogen) atoms. The van der Waals surface area contributed by atoms with Gasteiger partial charge in [-0.3, -0.25) is 0 Å². The van der Waals surface area contributed by atoms with Crippen LogP contribution in [0.5, 0.6) is 0 Å². The number of alkyl carbamates (subject to hydrolysis) is 1. The van der Waals surface area contributed by atoms with Crippen molar-refractivity contribution in [2.45, 2.75) is 42.0 Å². The van der Waals surface area contributed by atoms with Crippen LogP contribution in [0.3, 0.4) is 0 Å². The molecule has 1 aromatic heterocycles. The molecular weight excluding hydrogens is 433 g/mol. The zero-order valence-electron chi connectivity index (χ0n) is 13.8. The maximum absolute atomic E-state index is 13.3. The number of nitrogens with one attached hydrogen (secondary N) is 1. The Morgan fingerprint density at radius 1 is 1.28 bits per heavy atom. The van der Waals surface area contributed by atoms with E-state index in [1.165, 1.54) is 18.2 Å². The number of hydrogen-bond acceptors (Lipinski definition) is 5. The van der Waals surface area contributed by atoms with Gasteiger partial charge in [0.05, 0.1) is 15.9 Å². The van der Waals surface area contributed by atoms with E-state index in [1.807, 2.05) is 0 Å². The normalized spacial score (nSPS) is 12.0. The monoisotopic (exact) mass is 449 g/mol. The Bertz CT molecular complexity index is 888. The molecule has 0 radical (unpaired) electrons. The summed E-state index contributed by atoms with van der Waals surface area (Å²) in [6, 6.07) is 6.61. The number of rotatable bonds is 4. The maximum Gasteiger partial charge on any atom is 0.407 e. The van der Waals surface area contributed by atoms with Crippen molar-refractivity contribution in [2.24, 2.45) is 0 Å². The minimum atomic E-state index is -3.75. The Morgan fingerprint density at radius 3 is 2.56 bits per heavy atom. The number of thiophene rings is 1. The Labute approximate surface area is 158 Å². The lowest BCUT2D eigenvalue weighted by molar-refractivity contribution is 0.0524. The quantitative estimate of drug-likeness (QED) is 0.696. The van der Waals surface area contributed by atoms with E-state index in [0.717, 1.165) is 17.4 Å². The molecule has 0 aliphatic carbocycles. The number of carbonyl (C=O) groups excluding carboxylic acids is 1. The van der Waals surface area contributed by atoms with Crippen molar-refractivity contribution in [1.29, 1.82) is 0 Å². The number of carbonyl (C=O) groups is 1. The molecule has 5 nitrogen and oxygen atoms in total. The first-order valence-corrected chi connectivity index (χ1v) is 10.3. The van der Waals surface area contributed by atoms with Gasteiger partial charge in [0.15, 0.2) is 0 Å². The highest BCUT2D eigenvalue weighted by atomic mass is 79.9. The lowest BCUT2D eigenvalue weighted by atomic mass is 10.2. The van der Waals surface area contributed by atoms with Gasteiger partial charge in [-0.05, 0) is 67.0 Å². The van der Waals surface area contributed by atoms with Gasteiger partial charge in [0.1, 0.15) is 15.6 Å². The van der Waals surface area contributed by atoms with Crippen LogP contribution in [0.15, 0.2) is 43.9 Å². The zero-order chi connectivity index (χ0) is 18.8. The third-order valence-corrected chi connectivity index (χ3v) is 6.85. The van der Waals surface area contributed by atoms with Gasteiger partial charge in [-0.25, -0.2) is 17.6 Å². The molecule has 9 heteroatoms. The second kappa shape index (κ2) is 7.43. The summed E-state index contributed by atoms with van der Waals surface area (Å²) in [6.07, 6.45) is -0.576. The van der Waals surface area contributed by atoms with Gasteiger partial charge < -0.3 is 10.1 Å². The first-order valence-electron chi connectivity index (χ1n) is 7.25. The van der Waals surface area contributed by atoms with Crippen LogP contribution >= 0.6 is 27.3 Å². The molecule has 0 fully saturated rings. The Balaban J connectivity index is 2.12. The van der Waals surface area contributed by atoms with Crippen molar-refractivity contribution in [3.05, 3.63) is 45.5 Å². The van der Waals surface area contributed by atoms with Crippen LogP contribution in [-0.4, -0.2) is 20.1 Å². The number of ether oxygens (including phenoxy) is 1. The summed E-state index contributed by atoms with van der Waals surface area (Å²) < 4.78 is 43.8. The third-order valence-electron chi connectivity index (χ3n) is 2.91. The molecule has 1 amide bonds. The summed E-state index contributed by atoms with van der Waals surface area (Å²) in [6.45, 7) is 5.41. The van der Waals surface area contributed by atoms with Gasteiger partial charge in [-0.1, -0.05) is 0 Å². The molecule has 1 aromatic carbocycles. The fourth-order valence-corrected chi connectivity index (χ4v) is 5.08. The van der Waals surface area contributed by atoms with Crippen LogP contribution in [-0.2, 0) is 21.1 Å². The molecule has 0 spiro atoms. The molecule has 2 rings (SSSR count). The summed E-state index contributed by atoms with van der Waals surface area (Å²) in [7, 11) is -3.75. The topological polar surface area (TPSA) is 72.5 Å². The highest BCUT2D eigenvalue weighted by Gasteiger charge is 2.21. The van der Waals surface area contributed by atoms with Gasteiger partial charge in [0.25, 0.3) is 0 Å². The number of amides is 1. The third kappa shape index (κ3) is 5.26. The molecule has 1 N–H and O–H groups in total. The maximum atomic E-state index is 13.3. The number of sulfone groups is 1. The van der Waals surface area contributed by atoms with Crippen LogP contribution in [0.4, 0.5) is 9.18 Å². The lowest BCUT2D eigenvalue weighted by Crippen LogP contribution is -2.31. The minimum absolute atomic E-state index is 0.00530. The largest absolute Gasteiger partial charge is 0.444 e.